The molecule has 0 aliphatic carbocycles. The van der Waals surface area contributed by atoms with Crippen LogP contribution in [0.25, 0.3) is 0 Å². The monoisotopic (exact) mass is 311 g/mol. The molecule has 5 nitrogen and oxygen atoms in total. The normalized spacial score (nSPS) is 11.5. The summed E-state index contributed by atoms with van der Waals surface area (Å²) in [6.07, 6.45) is -3.01. The smallest absolute Gasteiger partial charge is 0.233 e. The number of primary sulfonamides is 1. The molecule has 86 valence electrons. The first-order valence-corrected chi connectivity index (χ1v) is 6.02. The number of nitrogens with zero attached hydrogens (tertiary/aromatic N) is 2. The molecule has 0 aliphatic heterocycles. The summed E-state index contributed by atoms with van der Waals surface area (Å²) in [5, 5.41) is 12.6. The maximum absolute atomic E-state index is 12.5. The largest absolute Gasteiger partial charge is 0.281 e. The fourth-order valence-corrected chi connectivity index (χ4v) is 1.87. The number of alkyl halides is 2. The Labute approximate surface area is 98.1 Å². The molecule has 0 radical (unpaired) electrons. The lowest BCUT2D eigenvalue weighted by Crippen LogP contribution is -2.15. The lowest BCUT2D eigenvalue weighted by molar-refractivity contribution is 0.144. The second-order valence-corrected chi connectivity index (χ2v) is 4.97. The number of nitriles is 1. The highest BCUT2D eigenvalue weighted by Gasteiger charge is 2.22. The Morgan fingerprint density at radius 3 is 2.50 bits per heavy atom. The van der Waals surface area contributed by atoms with Gasteiger partial charge in [-0.3, -0.25) is 0 Å². The molecule has 16 heavy (non-hydrogen) atoms. The SMILES string of the molecule is N#Cc1cc(S(N)(=O)=O)nc(C(F)F)c1Br. The fraction of sp³-hybridized carbons (Fsp3) is 0.143. The molecule has 0 saturated heterocycles. The van der Waals surface area contributed by atoms with Crippen LogP contribution in [0, 0.1) is 11.3 Å². The molecule has 0 unspecified atom stereocenters. The van der Waals surface area contributed by atoms with Crippen LogP contribution in [0.4, 0.5) is 8.78 Å². The van der Waals surface area contributed by atoms with E-state index < -0.39 is 27.2 Å². The van der Waals surface area contributed by atoms with Gasteiger partial charge in [0.15, 0.2) is 5.03 Å². The Bertz CT molecular complexity index is 568. The number of halogens is 3. The average molecular weight is 312 g/mol. The first kappa shape index (κ1) is 13.0. The third-order valence-corrected chi connectivity index (χ3v) is 3.20. The first-order chi connectivity index (χ1) is 7.27. The van der Waals surface area contributed by atoms with Crippen LogP contribution in [0.5, 0.6) is 0 Å². The third-order valence-electron chi connectivity index (χ3n) is 1.58. The first-order valence-electron chi connectivity index (χ1n) is 3.69. The molecule has 0 saturated carbocycles. The highest BCUT2D eigenvalue weighted by molar-refractivity contribution is 9.10. The standard InChI is InChI=1S/C7H4BrF2N3O2S/c8-5-3(2-11)1-4(16(12,14)15)13-6(5)7(9)10/h1,7H,(H2,12,14,15). The molecule has 0 aromatic carbocycles. The van der Waals surface area contributed by atoms with Gasteiger partial charge in [0.1, 0.15) is 11.8 Å². The van der Waals surface area contributed by atoms with E-state index in [0.717, 1.165) is 6.07 Å². The number of pyridine rings is 1. The molecule has 1 heterocycles. The van der Waals surface area contributed by atoms with Crippen molar-refractivity contribution in [2.45, 2.75) is 11.5 Å². The number of rotatable bonds is 2. The van der Waals surface area contributed by atoms with Crippen molar-refractivity contribution in [1.29, 1.82) is 5.26 Å². The number of nitrogens with two attached hydrogens (primary N) is 1. The van der Waals surface area contributed by atoms with E-state index in [-0.39, 0.29) is 10.0 Å². The van der Waals surface area contributed by atoms with Crippen LogP contribution < -0.4 is 5.14 Å². The molecule has 0 amide bonds. The minimum atomic E-state index is -4.22. The molecular formula is C7H4BrF2N3O2S. The number of aromatic nitrogens is 1. The van der Waals surface area contributed by atoms with Gasteiger partial charge in [-0.05, 0) is 22.0 Å². The quantitative estimate of drug-likeness (QED) is 0.890. The van der Waals surface area contributed by atoms with Crippen LogP contribution in [0.2, 0.25) is 0 Å². The topological polar surface area (TPSA) is 96.8 Å². The Balaban J connectivity index is 3.61. The number of hydrogen-bond acceptors (Lipinski definition) is 4. The van der Waals surface area contributed by atoms with Gasteiger partial charge < -0.3 is 0 Å². The molecule has 1 aromatic rings. The zero-order valence-electron chi connectivity index (χ0n) is 7.49. The summed E-state index contributed by atoms with van der Waals surface area (Å²) in [5.74, 6) is 0. The van der Waals surface area contributed by atoms with E-state index >= 15 is 0 Å². The molecule has 0 fully saturated rings. The van der Waals surface area contributed by atoms with E-state index in [2.05, 4.69) is 20.9 Å². The Morgan fingerprint density at radius 1 is 1.56 bits per heavy atom. The summed E-state index contributed by atoms with van der Waals surface area (Å²) in [6.45, 7) is 0. The maximum atomic E-state index is 12.5. The Hall–Kier alpha value is -1.11. The van der Waals surface area contributed by atoms with Crippen LogP contribution in [0.1, 0.15) is 17.7 Å². The summed E-state index contributed by atoms with van der Waals surface area (Å²) >= 11 is 2.74. The lowest BCUT2D eigenvalue weighted by atomic mass is 10.2. The van der Waals surface area contributed by atoms with Crippen molar-refractivity contribution in [2.75, 3.05) is 0 Å². The van der Waals surface area contributed by atoms with Crippen molar-refractivity contribution >= 4 is 26.0 Å². The second kappa shape index (κ2) is 4.40. The predicted octanol–water partition coefficient (Wildman–Crippen LogP) is 1.30. The molecule has 1 aromatic heterocycles. The molecule has 2 N–H and O–H groups in total. The van der Waals surface area contributed by atoms with E-state index in [1.54, 1.807) is 6.07 Å². The van der Waals surface area contributed by atoms with Gasteiger partial charge in [0, 0.05) is 0 Å². The van der Waals surface area contributed by atoms with Crippen molar-refractivity contribution in [2.24, 2.45) is 5.14 Å². The fourth-order valence-electron chi connectivity index (χ4n) is 0.897. The molecule has 0 bridgehead atoms. The van der Waals surface area contributed by atoms with Crippen LogP contribution in [0.15, 0.2) is 15.6 Å². The molecule has 0 atom stereocenters. The summed E-state index contributed by atoms with van der Waals surface area (Å²) < 4.78 is 46.6. The zero-order chi connectivity index (χ0) is 12.5. The van der Waals surface area contributed by atoms with Crippen molar-refractivity contribution in [3.05, 3.63) is 21.8 Å². The van der Waals surface area contributed by atoms with E-state index in [1.807, 2.05) is 0 Å². The summed E-state index contributed by atoms with van der Waals surface area (Å²) in [7, 11) is -4.22. The van der Waals surface area contributed by atoms with Crippen LogP contribution in [0.3, 0.4) is 0 Å². The molecule has 1 rings (SSSR count). The van der Waals surface area contributed by atoms with Gasteiger partial charge in [0.05, 0.1) is 10.0 Å². The van der Waals surface area contributed by atoms with Gasteiger partial charge in [-0.15, -0.1) is 0 Å². The van der Waals surface area contributed by atoms with Crippen LogP contribution >= 0.6 is 15.9 Å². The minimum Gasteiger partial charge on any atom is -0.233 e. The summed E-state index contributed by atoms with van der Waals surface area (Å²) in [4.78, 5) is 3.19. The van der Waals surface area contributed by atoms with E-state index in [4.69, 9.17) is 10.4 Å². The summed E-state index contributed by atoms with van der Waals surface area (Å²) in [6, 6.07) is 2.39. The van der Waals surface area contributed by atoms with Crippen molar-refractivity contribution in [3.63, 3.8) is 0 Å². The molecular weight excluding hydrogens is 308 g/mol. The van der Waals surface area contributed by atoms with Gasteiger partial charge in [-0.2, -0.15) is 5.26 Å². The van der Waals surface area contributed by atoms with Gasteiger partial charge in [-0.1, -0.05) is 0 Å². The predicted molar refractivity (Wildman–Crippen MR) is 53.0 cm³/mol. The van der Waals surface area contributed by atoms with Crippen molar-refractivity contribution in [3.8, 4) is 6.07 Å². The van der Waals surface area contributed by atoms with Crippen molar-refractivity contribution < 1.29 is 17.2 Å². The third kappa shape index (κ3) is 2.52. The summed E-state index contributed by atoms with van der Waals surface area (Å²) in [5.41, 5.74) is -1.10. The minimum absolute atomic E-state index is 0.239. The van der Waals surface area contributed by atoms with Crippen LogP contribution in [-0.4, -0.2) is 13.4 Å². The number of sulfonamides is 1. The second-order valence-electron chi connectivity index (χ2n) is 2.66. The van der Waals surface area contributed by atoms with Gasteiger partial charge >= 0.3 is 0 Å². The Morgan fingerprint density at radius 2 is 2.12 bits per heavy atom. The van der Waals surface area contributed by atoms with Gasteiger partial charge in [-0.25, -0.2) is 27.3 Å². The maximum Gasteiger partial charge on any atom is 0.281 e. The van der Waals surface area contributed by atoms with Gasteiger partial charge in [0.25, 0.3) is 16.4 Å². The lowest BCUT2D eigenvalue weighted by Gasteiger charge is -2.06. The zero-order valence-corrected chi connectivity index (χ0v) is 9.89. The highest BCUT2D eigenvalue weighted by atomic mass is 79.9. The number of hydrogen-bond donors (Lipinski definition) is 1. The van der Waals surface area contributed by atoms with E-state index in [1.165, 1.54) is 0 Å². The van der Waals surface area contributed by atoms with Crippen LogP contribution in [-0.2, 0) is 10.0 Å². The highest BCUT2D eigenvalue weighted by Crippen LogP contribution is 2.29. The molecule has 9 heteroatoms. The average Bonchev–Trinajstić information content (AvgIpc) is 2.15. The molecule has 0 aliphatic rings. The molecule has 0 spiro atoms. The van der Waals surface area contributed by atoms with E-state index in [0.29, 0.717) is 0 Å². The van der Waals surface area contributed by atoms with E-state index in [9.17, 15) is 17.2 Å². The Kier molecular flexibility index (Phi) is 3.57. The van der Waals surface area contributed by atoms with Crippen molar-refractivity contribution in [1.82, 2.24) is 4.98 Å². The van der Waals surface area contributed by atoms with Gasteiger partial charge in [0.2, 0.25) is 0 Å².